The Labute approximate surface area is 131 Å². The van der Waals surface area contributed by atoms with Crippen LogP contribution in [0.2, 0.25) is 0 Å². The fraction of sp³-hybridized carbons (Fsp3) is 0. The second-order valence-electron chi connectivity index (χ2n) is 3.90. The second kappa shape index (κ2) is 5.25. The molecule has 0 unspecified atom stereocenters. The molecule has 0 fully saturated rings. The number of hydrogen-bond donors (Lipinski definition) is 0. The molecule has 0 radical (unpaired) electrons. The van der Waals surface area contributed by atoms with Crippen molar-refractivity contribution in [3.05, 3.63) is 41.8 Å². The number of thiophene rings is 1. The van der Waals surface area contributed by atoms with Gasteiger partial charge >= 0.3 is 0 Å². The molecular weight excluding hydrogens is 326 g/mol. The average Bonchev–Trinajstić information content (AvgIpc) is 3.18. The van der Waals surface area contributed by atoms with Crippen LogP contribution in [0.3, 0.4) is 0 Å². The summed E-state index contributed by atoms with van der Waals surface area (Å²) in [4.78, 5) is 5.77. The Morgan fingerprint density at radius 2 is 1.85 bits per heavy atom. The van der Waals surface area contributed by atoms with E-state index in [0.717, 1.165) is 19.2 Å². The van der Waals surface area contributed by atoms with Crippen molar-refractivity contribution in [3.8, 4) is 9.88 Å². The lowest BCUT2D eigenvalue weighted by atomic mass is 10.3. The zero-order chi connectivity index (χ0) is 13.4. The molecule has 0 atom stereocenters. The molecule has 0 spiro atoms. The molecule has 0 saturated heterocycles. The number of hydrogen-bond acceptors (Lipinski definition) is 7. The molecular formula is C13H7N3S4. The van der Waals surface area contributed by atoms with E-state index >= 15 is 0 Å². The van der Waals surface area contributed by atoms with Crippen LogP contribution in [0.5, 0.6) is 0 Å². The van der Waals surface area contributed by atoms with Crippen molar-refractivity contribution < 1.29 is 0 Å². The molecule has 20 heavy (non-hydrogen) atoms. The maximum atomic E-state index is 4.60. The fourth-order valence-corrected chi connectivity index (χ4v) is 5.63. The van der Waals surface area contributed by atoms with Crippen molar-refractivity contribution in [1.82, 2.24) is 15.2 Å². The van der Waals surface area contributed by atoms with Gasteiger partial charge in [0.15, 0.2) is 13.7 Å². The van der Waals surface area contributed by atoms with Gasteiger partial charge in [0.2, 0.25) is 0 Å². The largest absolute Gasteiger partial charge is 0.229 e. The van der Waals surface area contributed by atoms with E-state index in [2.05, 4.69) is 32.7 Å². The summed E-state index contributed by atoms with van der Waals surface area (Å²) in [6, 6.07) is 12.3. The summed E-state index contributed by atoms with van der Waals surface area (Å²) >= 11 is 6.58. The highest BCUT2D eigenvalue weighted by atomic mass is 32.2. The molecule has 0 aliphatic carbocycles. The maximum Gasteiger partial charge on any atom is 0.181 e. The minimum atomic E-state index is 0.937. The van der Waals surface area contributed by atoms with E-state index in [1.807, 2.05) is 24.3 Å². The first kappa shape index (κ1) is 12.5. The predicted molar refractivity (Wildman–Crippen MR) is 87.0 cm³/mol. The topological polar surface area (TPSA) is 38.7 Å². The van der Waals surface area contributed by atoms with Crippen LogP contribution in [0.1, 0.15) is 0 Å². The molecule has 4 rings (SSSR count). The highest BCUT2D eigenvalue weighted by Crippen LogP contribution is 2.38. The average molecular weight is 333 g/mol. The summed E-state index contributed by atoms with van der Waals surface area (Å²) in [7, 11) is 0. The van der Waals surface area contributed by atoms with Crippen molar-refractivity contribution in [2.75, 3.05) is 0 Å². The molecule has 0 aliphatic rings. The molecule has 98 valence electrons. The Balaban J connectivity index is 1.62. The van der Waals surface area contributed by atoms with E-state index in [9.17, 15) is 0 Å². The number of rotatable bonds is 3. The third kappa shape index (κ3) is 2.37. The summed E-state index contributed by atoms with van der Waals surface area (Å²) in [5.74, 6) is 0. The van der Waals surface area contributed by atoms with Gasteiger partial charge in [0.25, 0.3) is 0 Å². The summed E-state index contributed by atoms with van der Waals surface area (Å²) in [6.07, 6.45) is 0. The van der Waals surface area contributed by atoms with E-state index in [4.69, 9.17) is 0 Å². The molecule has 0 bridgehead atoms. The quantitative estimate of drug-likeness (QED) is 0.527. The lowest BCUT2D eigenvalue weighted by molar-refractivity contribution is 1.02. The zero-order valence-corrected chi connectivity index (χ0v) is 13.3. The molecule has 3 aromatic heterocycles. The minimum absolute atomic E-state index is 0.937. The van der Waals surface area contributed by atoms with Gasteiger partial charge in [-0.05, 0) is 35.3 Å². The van der Waals surface area contributed by atoms with E-state index in [-0.39, 0.29) is 0 Å². The Kier molecular flexibility index (Phi) is 3.27. The van der Waals surface area contributed by atoms with Crippen molar-refractivity contribution >= 4 is 56.0 Å². The lowest BCUT2D eigenvalue weighted by Gasteiger charge is -1.87. The summed E-state index contributed by atoms with van der Waals surface area (Å²) in [5, 5.41) is 11.5. The minimum Gasteiger partial charge on any atom is -0.229 e. The Bertz CT molecular complexity index is 814. The van der Waals surface area contributed by atoms with Crippen LogP contribution in [0, 0.1) is 0 Å². The normalized spacial score (nSPS) is 11.2. The number of thiazole rings is 1. The van der Waals surface area contributed by atoms with Crippen molar-refractivity contribution in [2.45, 2.75) is 8.68 Å². The first-order valence-corrected chi connectivity index (χ1v) is 9.12. The van der Waals surface area contributed by atoms with E-state index < -0.39 is 0 Å². The second-order valence-corrected chi connectivity index (χ2v) is 8.35. The molecule has 0 amide bonds. The summed E-state index contributed by atoms with van der Waals surface area (Å²) in [5.41, 5.74) is 1.04. The van der Waals surface area contributed by atoms with Crippen LogP contribution >= 0.6 is 45.8 Å². The molecule has 1 aromatic carbocycles. The van der Waals surface area contributed by atoms with Crippen LogP contribution < -0.4 is 0 Å². The van der Waals surface area contributed by atoms with Gasteiger partial charge in [0.05, 0.1) is 15.1 Å². The Morgan fingerprint density at radius 1 is 0.900 bits per heavy atom. The van der Waals surface area contributed by atoms with Gasteiger partial charge in [-0.15, -0.1) is 32.9 Å². The molecule has 0 N–H and O–H groups in total. The standard InChI is InChI=1S/C13H7N3S4/c1-2-5-9-8(4-1)14-12(18-9)20-13-16-15-11(19-13)10-6-3-7-17-10/h1-7H. The monoisotopic (exact) mass is 333 g/mol. The van der Waals surface area contributed by atoms with Crippen LogP contribution in [-0.2, 0) is 0 Å². The van der Waals surface area contributed by atoms with Gasteiger partial charge < -0.3 is 0 Å². The molecule has 0 aliphatic heterocycles. The Hall–Kier alpha value is -1.28. The van der Waals surface area contributed by atoms with Gasteiger partial charge in [-0.3, -0.25) is 0 Å². The SMILES string of the molecule is c1csc(-c2nnc(Sc3nc4ccccc4s3)s2)c1. The van der Waals surface area contributed by atoms with Crippen molar-refractivity contribution in [1.29, 1.82) is 0 Å². The van der Waals surface area contributed by atoms with Crippen molar-refractivity contribution in [3.63, 3.8) is 0 Å². The predicted octanol–water partition coefficient (Wildman–Crippen LogP) is 5.03. The van der Waals surface area contributed by atoms with Gasteiger partial charge in [0, 0.05) is 0 Å². The number of fused-ring (bicyclic) bond motifs is 1. The van der Waals surface area contributed by atoms with Crippen molar-refractivity contribution in [2.24, 2.45) is 0 Å². The van der Waals surface area contributed by atoms with Crippen LogP contribution in [0.15, 0.2) is 50.5 Å². The first-order valence-electron chi connectivity index (χ1n) is 5.79. The highest BCUT2D eigenvalue weighted by molar-refractivity contribution is 8.02. The van der Waals surface area contributed by atoms with E-state index in [0.29, 0.717) is 0 Å². The summed E-state index contributed by atoms with van der Waals surface area (Å²) < 4.78 is 3.16. The summed E-state index contributed by atoms with van der Waals surface area (Å²) in [6.45, 7) is 0. The van der Waals surface area contributed by atoms with Gasteiger partial charge in [-0.1, -0.05) is 29.5 Å². The third-order valence-electron chi connectivity index (χ3n) is 2.59. The zero-order valence-electron chi connectivity index (χ0n) is 10.0. The van der Waals surface area contributed by atoms with Crippen LogP contribution in [-0.4, -0.2) is 15.2 Å². The molecule has 4 aromatic rings. The molecule has 7 heteroatoms. The van der Waals surface area contributed by atoms with E-state index in [1.165, 1.54) is 9.58 Å². The van der Waals surface area contributed by atoms with Crippen LogP contribution in [0.25, 0.3) is 20.1 Å². The van der Waals surface area contributed by atoms with Crippen LogP contribution in [0.4, 0.5) is 0 Å². The first-order chi connectivity index (χ1) is 9.88. The highest BCUT2D eigenvalue weighted by Gasteiger charge is 2.11. The smallest absolute Gasteiger partial charge is 0.181 e. The van der Waals surface area contributed by atoms with Gasteiger partial charge in [0.1, 0.15) is 0 Å². The maximum absolute atomic E-state index is 4.60. The Morgan fingerprint density at radius 3 is 2.70 bits per heavy atom. The lowest BCUT2D eigenvalue weighted by Crippen LogP contribution is -1.72. The fourth-order valence-electron chi connectivity index (χ4n) is 1.72. The van der Waals surface area contributed by atoms with Gasteiger partial charge in [-0.25, -0.2) is 4.98 Å². The molecule has 3 heterocycles. The molecule has 0 saturated carbocycles. The third-order valence-corrected chi connectivity index (χ3v) is 6.70. The number of nitrogens with zero attached hydrogens (tertiary/aromatic N) is 3. The number of aromatic nitrogens is 3. The van der Waals surface area contributed by atoms with E-state index in [1.54, 1.807) is 45.8 Å². The van der Waals surface area contributed by atoms with Gasteiger partial charge in [-0.2, -0.15) is 0 Å². The molecule has 3 nitrogen and oxygen atoms in total. The number of para-hydroxylation sites is 1. The number of benzene rings is 1.